The van der Waals surface area contributed by atoms with Crippen LogP contribution in [-0.4, -0.2) is 43.4 Å². The average Bonchev–Trinajstić information content (AvgIpc) is 3.34. The third-order valence-corrected chi connectivity index (χ3v) is 4.87. The fraction of sp³-hybridized carbons (Fsp3) is 0.550. The Morgan fingerprint density at radius 1 is 1.15 bits per heavy atom. The molecule has 3 amide bonds. The number of nitrogens with one attached hydrogen (secondary N) is 3. The lowest BCUT2D eigenvalue weighted by Gasteiger charge is -2.19. The van der Waals surface area contributed by atoms with E-state index in [0.717, 1.165) is 37.3 Å². The first kappa shape index (κ1) is 19.2. The van der Waals surface area contributed by atoms with Gasteiger partial charge in [-0.1, -0.05) is 6.07 Å². The van der Waals surface area contributed by atoms with Crippen molar-refractivity contribution in [2.24, 2.45) is 5.92 Å². The number of hydrogen-bond donors (Lipinski definition) is 3. The molecular formula is C20H28N4O3. The first-order valence-corrected chi connectivity index (χ1v) is 9.73. The molecule has 1 saturated heterocycles. The minimum atomic E-state index is -0.308. The molecule has 1 saturated carbocycles. The Morgan fingerprint density at radius 3 is 2.59 bits per heavy atom. The van der Waals surface area contributed by atoms with Crippen LogP contribution in [0.2, 0.25) is 0 Å². The van der Waals surface area contributed by atoms with E-state index in [1.165, 1.54) is 12.8 Å². The van der Waals surface area contributed by atoms with E-state index in [1.54, 1.807) is 6.92 Å². The van der Waals surface area contributed by atoms with Gasteiger partial charge in [-0.25, -0.2) is 0 Å². The van der Waals surface area contributed by atoms with Crippen molar-refractivity contribution in [3.8, 4) is 0 Å². The highest BCUT2D eigenvalue weighted by Crippen LogP contribution is 2.28. The van der Waals surface area contributed by atoms with Crippen molar-refractivity contribution in [1.82, 2.24) is 10.6 Å². The summed E-state index contributed by atoms with van der Waals surface area (Å²) in [5.41, 5.74) is 1.89. The van der Waals surface area contributed by atoms with Crippen molar-refractivity contribution in [2.45, 2.75) is 45.1 Å². The topological polar surface area (TPSA) is 90.5 Å². The molecule has 2 aliphatic rings. The van der Waals surface area contributed by atoms with Gasteiger partial charge < -0.3 is 20.9 Å². The van der Waals surface area contributed by atoms with Gasteiger partial charge in [-0.2, -0.15) is 0 Å². The third-order valence-electron chi connectivity index (χ3n) is 4.87. The molecule has 3 N–H and O–H groups in total. The molecule has 7 nitrogen and oxygen atoms in total. The standard InChI is InChI=1S/C20H28N4O3/c1-14(22-19(26)13-21-20(27)15-7-8-15)11-18(25)23-16-5-4-6-17(12-16)24-9-2-3-10-24/h4-6,12,14-15H,2-3,7-11,13H2,1H3,(H,21,27)(H,22,26)(H,23,25). The van der Waals surface area contributed by atoms with E-state index >= 15 is 0 Å². The van der Waals surface area contributed by atoms with Gasteiger partial charge in [0.25, 0.3) is 0 Å². The minimum absolute atomic E-state index is 0.0425. The fourth-order valence-corrected chi connectivity index (χ4v) is 3.28. The summed E-state index contributed by atoms with van der Waals surface area (Å²) >= 11 is 0. The van der Waals surface area contributed by atoms with Gasteiger partial charge in [0.15, 0.2) is 0 Å². The van der Waals surface area contributed by atoms with Gasteiger partial charge in [0.05, 0.1) is 6.54 Å². The Labute approximate surface area is 159 Å². The monoisotopic (exact) mass is 372 g/mol. The Balaban J connectivity index is 1.40. The summed E-state index contributed by atoms with van der Waals surface area (Å²) in [6.07, 6.45) is 4.39. The number of hydrogen-bond acceptors (Lipinski definition) is 4. The molecule has 1 aliphatic carbocycles. The van der Waals surface area contributed by atoms with E-state index in [4.69, 9.17) is 0 Å². The lowest BCUT2D eigenvalue weighted by molar-refractivity contribution is -0.127. The maximum atomic E-state index is 12.3. The fourth-order valence-electron chi connectivity index (χ4n) is 3.28. The zero-order valence-corrected chi connectivity index (χ0v) is 15.8. The van der Waals surface area contributed by atoms with Gasteiger partial charge in [0, 0.05) is 42.8 Å². The minimum Gasteiger partial charge on any atom is -0.371 e. The second-order valence-corrected chi connectivity index (χ2v) is 7.46. The second-order valence-electron chi connectivity index (χ2n) is 7.46. The third kappa shape index (κ3) is 5.98. The number of amides is 3. The summed E-state index contributed by atoms with van der Waals surface area (Å²) in [5.74, 6) is -0.408. The van der Waals surface area contributed by atoms with Crippen LogP contribution in [0.5, 0.6) is 0 Å². The zero-order chi connectivity index (χ0) is 19.2. The molecular weight excluding hydrogens is 344 g/mol. The lowest BCUT2D eigenvalue weighted by atomic mass is 10.2. The first-order valence-electron chi connectivity index (χ1n) is 9.73. The predicted molar refractivity (Wildman–Crippen MR) is 104 cm³/mol. The number of benzene rings is 1. The molecule has 146 valence electrons. The number of anilines is 2. The van der Waals surface area contributed by atoms with Gasteiger partial charge in [-0.15, -0.1) is 0 Å². The van der Waals surface area contributed by atoms with Gasteiger partial charge in [-0.3, -0.25) is 14.4 Å². The van der Waals surface area contributed by atoms with E-state index in [2.05, 4.69) is 26.9 Å². The van der Waals surface area contributed by atoms with Crippen LogP contribution in [0, 0.1) is 5.92 Å². The Bertz CT molecular complexity index is 696. The summed E-state index contributed by atoms with van der Waals surface area (Å²) < 4.78 is 0. The van der Waals surface area contributed by atoms with Gasteiger partial charge in [0.1, 0.15) is 0 Å². The van der Waals surface area contributed by atoms with Crippen LogP contribution in [0.15, 0.2) is 24.3 Å². The molecule has 2 fully saturated rings. The molecule has 0 bridgehead atoms. The maximum absolute atomic E-state index is 12.3. The highest BCUT2D eigenvalue weighted by molar-refractivity contribution is 5.92. The molecule has 0 spiro atoms. The highest BCUT2D eigenvalue weighted by Gasteiger charge is 2.29. The molecule has 3 rings (SSSR count). The van der Waals surface area contributed by atoms with Crippen LogP contribution in [0.3, 0.4) is 0 Å². The smallest absolute Gasteiger partial charge is 0.239 e. The van der Waals surface area contributed by atoms with Crippen molar-refractivity contribution in [1.29, 1.82) is 0 Å². The summed E-state index contributed by atoms with van der Waals surface area (Å²) in [4.78, 5) is 38.0. The molecule has 0 aromatic heterocycles. The van der Waals surface area contributed by atoms with Crippen LogP contribution in [-0.2, 0) is 14.4 Å². The van der Waals surface area contributed by atoms with Crippen molar-refractivity contribution in [3.05, 3.63) is 24.3 Å². The summed E-state index contributed by atoms with van der Waals surface area (Å²) in [7, 11) is 0. The van der Waals surface area contributed by atoms with Crippen LogP contribution < -0.4 is 20.9 Å². The van der Waals surface area contributed by atoms with Gasteiger partial charge >= 0.3 is 0 Å². The van der Waals surface area contributed by atoms with E-state index < -0.39 is 0 Å². The predicted octanol–water partition coefficient (Wildman–Crippen LogP) is 1.65. The summed E-state index contributed by atoms with van der Waals surface area (Å²) in [5, 5.41) is 8.26. The quantitative estimate of drug-likeness (QED) is 0.647. The molecule has 1 unspecified atom stereocenters. The van der Waals surface area contributed by atoms with Crippen molar-refractivity contribution >= 4 is 29.1 Å². The Kier molecular flexibility index (Phi) is 6.32. The van der Waals surface area contributed by atoms with Crippen LogP contribution >= 0.6 is 0 Å². The van der Waals surface area contributed by atoms with Crippen molar-refractivity contribution in [2.75, 3.05) is 29.9 Å². The molecule has 7 heteroatoms. The number of nitrogens with zero attached hydrogens (tertiary/aromatic N) is 1. The Hall–Kier alpha value is -2.57. The normalized spacial score (nSPS) is 17.3. The van der Waals surface area contributed by atoms with E-state index in [0.29, 0.717) is 0 Å². The first-order chi connectivity index (χ1) is 13.0. The van der Waals surface area contributed by atoms with E-state index in [-0.39, 0.29) is 42.6 Å². The van der Waals surface area contributed by atoms with E-state index in [9.17, 15) is 14.4 Å². The maximum Gasteiger partial charge on any atom is 0.239 e. The Morgan fingerprint density at radius 2 is 1.89 bits per heavy atom. The van der Waals surface area contributed by atoms with Gasteiger partial charge in [0.2, 0.25) is 17.7 Å². The molecule has 1 aromatic rings. The summed E-state index contributed by atoms with van der Waals surface area (Å²) in [6, 6.07) is 7.54. The van der Waals surface area contributed by atoms with Crippen LogP contribution in [0.25, 0.3) is 0 Å². The highest BCUT2D eigenvalue weighted by atomic mass is 16.2. The largest absolute Gasteiger partial charge is 0.371 e. The average molecular weight is 372 g/mol. The van der Waals surface area contributed by atoms with Crippen molar-refractivity contribution < 1.29 is 14.4 Å². The second kappa shape index (κ2) is 8.88. The number of carbonyl (C=O) groups excluding carboxylic acids is 3. The molecule has 1 aliphatic heterocycles. The molecule has 1 aromatic carbocycles. The lowest BCUT2D eigenvalue weighted by Crippen LogP contribution is -2.42. The summed E-state index contributed by atoms with van der Waals surface area (Å²) in [6.45, 7) is 3.84. The molecule has 1 atom stereocenters. The van der Waals surface area contributed by atoms with Crippen LogP contribution in [0.1, 0.15) is 39.0 Å². The molecule has 1 heterocycles. The van der Waals surface area contributed by atoms with Crippen LogP contribution in [0.4, 0.5) is 11.4 Å². The molecule has 0 radical (unpaired) electrons. The number of rotatable bonds is 8. The SMILES string of the molecule is CC(CC(=O)Nc1cccc(N2CCCC2)c1)NC(=O)CNC(=O)C1CC1. The zero-order valence-electron chi connectivity index (χ0n) is 15.8. The number of carbonyl (C=O) groups is 3. The van der Waals surface area contributed by atoms with E-state index in [1.807, 2.05) is 18.2 Å². The molecule has 27 heavy (non-hydrogen) atoms. The van der Waals surface area contributed by atoms with Crippen molar-refractivity contribution in [3.63, 3.8) is 0 Å². The van der Waals surface area contributed by atoms with Gasteiger partial charge in [-0.05, 0) is 50.8 Å².